The fourth-order valence-electron chi connectivity index (χ4n) is 4.73. The highest BCUT2D eigenvalue weighted by Crippen LogP contribution is 2.47. The van der Waals surface area contributed by atoms with Crippen molar-refractivity contribution < 1.29 is 14.3 Å². The van der Waals surface area contributed by atoms with Crippen molar-refractivity contribution >= 4 is 5.91 Å². The standard InChI is InChI=1S/C21H30N2O3/c1-23-19(24)20(22-21(23)12-13-21,14-16-6-4-3-5-7-16)15-26-18-10-8-17(25-2)9-11-18/h8-11,16,22H,3-7,12-15H2,1-2H3. The molecule has 1 saturated heterocycles. The number of nitrogens with one attached hydrogen (secondary N) is 1. The minimum atomic E-state index is -0.590. The summed E-state index contributed by atoms with van der Waals surface area (Å²) < 4.78 is 11.3. The van der Waals surface area contributed by atoms with Gasteiger partial charge in [-0.15, -0.1) is 0 Å². The number of likely N-dealkylation sites (N-methyl/N-ethyl adjacent to an activating group) is 1. The molecule has 1 unspecified atom stereocenters. The van der Waals surface area contributed by atoms with Gasteiger partial charge in [0.2, 0.25) is 5.91 Å². The van der Waals surface area contributed by atoms with Crippen molar-refractivity contribution in [2.75, 3.05) is 20.8 Å². The van der Waals surface area contributed by atoms with Crippen LogP contribution in [0, 0.1) is 5.92 Å². The van der Waals surface area contributed by atoms with Crippen molar-refractivity contribution in [1.82, 2.24) is 10.2 Å². The fraction of sp³-hybridized carbons (Fsp3) is 0.667. The first kappa shape index (κ1) is 17.7. The Hall–Kier alpha value is -1.75. The van der Waals surface area contributed by atoms with Gasteiger partial charge in [0.25, 0.3) is 0 Å². The van der Waals surface area contributed by atoms with Gasteiger partial charge >= 0.3 is 0 Å². The van der Waals surface area contributed by atoms with Crippen LogP contribution < -0.4 is 14.8 Å². The van der Waals surface area contributed by atoms with Crippen molar-refractivity contribution in [2.24, 2.45) is 5.92 Å². The van der Waals surface area contributed by atoms with E-state index < -0.39 is 5.54 Å². The SMILES string of the molecule is COc1ccc(OCC2(CC3CCCCC3)NC3(CC3)N(C)C2=O)cc1. The first-order valence-electron chi connectivity index (χ1n) is 9.91. The number of ether oxygens (including phenoxy) is 2. The van der Waals surface area contributed by atoms with Crippen LogP contribution in [-0.2, 0) is 4.79 Å². The molecule has 1 N–H and O–H groups in total. The maximum Gasteiger partial charge on any atom is 0.247 e. The lowest BCUT2D eigenvalue weighted by Gasteiger charge is -2.33. The highest BCUT2D eigenvalue weighted by Gasteiger charge is 2.63. The minimum Gasteiger partial charge on any atom is -0.497 e. The molecule has 5 heteroatoms. The summed E-state index contributed by atoms with van der Waals surface area (Å²) in [5, 5.41) is 3.72. The summed E-state index contributed by atoms with van der Waals surface area (Å²) in [6, 6.07) is 7.59. The summed E-state index contributed by atoms with van der Waals surface area (Å²) in [6.45, 7) is 0.390. The lowest BCUT2D eigenvalue weighted by molar-refractivity contribution is -0.134. The summed E-state index contributed by atoms with van der Waals surface area (Å²) in [5.74, 6) is 2.40. The van der Waals surface area contributed by atoms with E-state index in [4.69, 9.17) is 9.47 Å². The highest BCUT2D eigenvalue weighted by molar-refractivity contribution is 5.90. The molecule has 1 atom stereocenters. The fourth-order valence-corrected chi connectivity index (χ4v) is 4.73. The van der Waals surface area contributed by atoms with Crippen LogP contribution in [0.2, 0.25) is 0 Å². The van der Waals surface area contributed by atoms with Crippen molar-refractivity contribution in [1.29, 1.82) is 0 Å². The zero-order chi connectivity index (χ0) is 18.2. The number of amides is 1. The Morgan fingerprint density at radius 1 is 1.12 bits per heavy atom. The number of methoxy groups -OCH3 is 1. The molecule has 0 bridgehead atoms. The van der Waals surface area contributed by atoms with E-state index in [9.17, 15) is 4.79 Å². The molecule has 3 aliphatic rings. The Kier molecular flexibility index (Phi) is 4.59. The molecule has 5 nitrogen and oxygen atoms in total. The number of benzene rings is 1. The maximum atomic E-state index is 13.2. The van der Waals surface area contributed by atoms with E-state index in [-0.39, 0.29) is 11.6 Å². The average Bonchev–Trinajstić information content (AvgIpc) is 3.43. The predicted octanol–water partition coefficient (Wildman–Crippen LogP) is 3.33. The van der Waals surface area contributed by atoms with Crippen molar-refractivity contribution in [3.05, 3.63) is 24.3 Å². The lowest BCUT2D eigenvalue weighted by Crippen LogP contribution is -2.54. The molecule has 0 radical (unpaired) electrons. The molecule has 1 spiro atoms. The topological polar surface area (TPSA) is 50.8 Å². The smallest absolute Gasteiger partial charge is 0.247 e. The van der Waals surface area contributed by atoms with Crippen molar-refractivity contribution in [3.8, 4) is 11.5 Å². The number of hydrogen-bond donors (Lipinski definition) is 1. The maximum absolute atomic E-state index is 13.2. The van der Waals surface area contributed by atoms with Gasteiger partial charge in [0.05, 0.1) is 12.8 Å². The summed E-state index contributed by atoms with van der Waals surface area (Å²) in [5.41, 5.74) is -0.706. The Balaban J connectivity index is 1.51. The third-order valence-corrected chi connectivity index (χ3v) is 6.46. The van der Waals surface area contributed by atoms with E-state index in [2.05, 4.69) is 5.32 Å². The van der Waals surface area contributed by atoms with Gasteiger partial charge in [-0.1, -0.05) is 32.1 Å². The molecule has 1 aromatic rings. The Morgan fingerprint density at radius 3 is 2.35 bits per heavy atom. The molecule has 4 rings (SSSR count). The molecule has 1 heterocycles. The third kappa shape index (κ3) is 3.18. The van der Waals surface area contributed by atoms with E-state index >= 15 is 0 Å². The Labute approximate surface area is 156 Å². The Bertz CT molecular complexity index is 650. The van der Waals surface area contributed by atoms with Gasteiger partial charge in [0.15, 0.2) is 0 Å². The summed E-state index contributed by atoms with van der Waals surface area (Å²) in [7, 11) is 3.60. The van der Waals surface area contributed by atoms with Gasteiger partial charge < -0.3 is 14.4 Å². The zero-order valence-electron chi connectivity index (χ0n) is 15.9. The van der Waals surface area contributed by atoms with Crippen molar-refractivity contribution in [3.63, 3.8) is 0 Å². The van der Waals surface area contributed by atoms with Crippen LogP contribution in [0.3, 0.4) is 0 Å². The van der Waals surface area contributed by atoms with Crippen LogP contribution in [0.4, 0.5) is 0 Å². The first-order chi connectivity index (χ1) is 12.6. The van der Waals surface area contributed by atoms with E-state index in [1.807, 2.05) is 36.2 Å². The minimum absolute atomic E-state index is 0.116. The summed E-state index contributed by atoms with van der Waals surface area (Å²) in [6.07, 6.45) is 9.34. The number of nitrogens with zero attached hydrogens (tertiary/aromatic N) is 1. The largest absolute Gasteiger partial charge is 0.497 e. The van der Waals surface area contributed by atoms with Crippen LogP contribution in [0.1, 0.15) is 51.4 Å². The van der Waals surface area contributed by atoms with Crippen LogP contribution in [0.25, 0.3) is 0 Å². The summed E-state index contributed by atoms with van der Waals surface area (Å²) in [4.78, 5) is 15.2. The molecule has 1 amide bonds. The number of rotatable bonds is 6. The molecule has 2 saturated carbocycles. The van der Waals surface area contributed by atoms with E-state index in [1.54, 1.807) is 7.11 Å². The Morgan fingerprint density at radius 2 is 1.77 bits per heavy atom. The molecule has 26 heavy (non-hydrogen) atoms. The molecule has 2 aliphatic carbocycles. The quantitative estimate of drug-likeness (QED) is 0.847. The molecule has 142 valence electrons. The summed E-state index contributed by atoms with van der Waals surface area (Å²) >= 11 is 0. The molecular formula is C21H30N2O3. The normalized spacial score (nSPS) is 27.8. The van der Waals surface area contributed by atoms with Gasteiger partial charge in [0, 0.05) is 7.05 Å². The first-order valence-corrected chi connectivity index (χ1v) is 9.91. The predicted molar refractivity (Wildman–Crippen MR) is 100 cm³/mol. The van der Waals surface area contributed by atoms with Gasteiger partial charge in [0.1, 0.15) is 23.6 Å². The van der Waals surface area contributed by atoms with Crippen LogP contribution >= 0.6 is 0 Å². The van der Waals surface area contributed by atoms with Crippen LogP contribution in [-0.4, -0.2) is 42.8 Å². The average molecular weight is 358 g/mol. The monoisotopic (exact) mass is 358 g/mol. The number of carbonyl (C=O) groups is 1. The van der Waals surface area contributed by atoms with Crippen LogP contribution in [0.5, 0.6) is 11.5 Å². The zero-order valence-corrected chi connectivity index (χ0v) is 15.9. The van der Waals surface area contributed by atoms with Gasteiger partial charge in [-0.3, -0.25) is 10.1 Å². The molecular weight excluding hydrogens is 328 g/mol. The molecule has 1 aromatic carbocycles. The lowest BCUT2D eigenvalue weighted by atomic mass is 9.79. The molecule has 0 aromatic heterocycles. The number of hydrogen-bond acceptors (Lipinski definition) is 4. The van der Waals surface area contributed by atoms with E-state index in [1.165, 1.54) is 32.1 Å². The second-order valence-electron chi connectivity index (χ2n) is 8.28. The van der Waals surface area contributed by atoms with Gasteiger partial charge in [-0.25, -0.2) is 0 Å². The molecule has 3 fully saturated rings. The van der Waals surface area contributed by atoms with Gasteiger partial charge in [-0.2, -0.15) is 0 Å². The van der Waals surface area contributed by atoms with E-state index in [0.29, 0.717) is 12.5 Å². The van der Waals surface area contributed by atoms with Crippen LogP contribution in [0.15, 0.2) is 24.3 Å². The third-order valence-electron chi connectivity index (χ3n) is 6.46. The van der Waals surface area contributed by atoms with Gasteiger partial charge in [-0.05, 0) is 49.4 Å². The molecule has 1 aliphatic heterocycles. The number of carbonyl (C=O) groups excluding carboxylic acids is 1. The second kappa shape index (κ2) is 6.76. The van der Waals surface area contributed by atoms with E-state index in [0.717, 1.165) is 30.8 Å². The second-order valence-corrected chi connectivity index (χ2v) is 8.28. The van der Waals surface area contributed by atoms with Crippen molar-refractivity contribution in [2.45, 2.75) is 62.6 Å². The highest BCUT2D eigenvalue weighted by atomic mass is 16.5.